The molecule has 1 unspecified atom stereocenters. The van der Waals surface area contributed by atoms with Crippen LogP contribution in [0.25, 0.3) is 0 Å². The summed E-state index contributed by atoms with van der Waals surface area (Å²) in [5.74, 6) is -0.401. The van der Waals surface area contributed by atoms with Gasteiger partial charge in [-0.25, -0.2) is 0 Å². The van der Waals surface area contributed by atoms with Crippen molar-refractivity contribution in [3.05, 3.63) is 29.8 Å². The third-order valence-corrected chi connectivity index (χ3v) is 3.00. The largest absolute Gasteiger partial charge is 0.469 e. The van der Waals surface area contributed by atoms with Gasteiger partial charge in [0.25, 0.3) is 0 Å². The molecule has 5 nitrogen and oxygen atoms in total. The van der Waals surface area contributed by atoms with Gasteiger partial charge in [0, 0.05) is 12.1 Å². The van der Waals surface area contributed by atoms with Crippen molar-refractivity contribution in [2.75, 3.05) is 12.4 Å². The predicted molar refractivity (Wildman–Crippen MR) is 85.5 cm³/mol. The lowest BCUT2D eigenvalue weighted by Gasteiger charge is -2.11. The highest BCUT2D eigenvalue weighted by Crippen LogP contribution is 2.12. The Labute approximate surface area is 131 Å². The summed E-state index contributed by atoms with van der Waals surface area (Å²) in [7, 11) is 1.38. The van der Waals surface area contributed by atoms with Crippen LogP contribution in [0, 0.1) is 0 Å². The van der Waals surface area contributed by atoms with E-state index in [1.165, 1.54) is 7.11 Å². The van der Waals surface area contributed by atoms with E-state index in [1.807, 2.05) is 31.2 Å². The Morgan fingerprint density at radius 2 is 1.90 bits per heavy atom. The van der Waals surface area contributed by atoms with Crippen molar-refractivity contribution in [3.63, 3.8) is 0 Å². The fraction of sp³-hybridized carbons (Fsp3) is 0.467. The van der Waals surface area contributed by atoms with E-state index in [2.05, 4.69) is 10.1 Å². The topological polar surface area (TPSA) is 81.4 Å². The van der Waals surface area contributed by atoms with Gasteiger partial charge in [0.15, 0.2) is 0 Å². The first-order valence-corrected chi connectivity index (χ1v) is 6.79. The Bertz CT molecular complexity index is 449. The molecule has 0 saturated heterocycles. The molecule has 0 saturated carbocycles. The second kappa shape index (κ2) is 10.2. The molecule has 0 spiro atoms. The van der Waals surface area contributed by atoms with Gasteiger partial charge in [0.2, 0.25) is 5.91 Å². The zero-order valence-corrected chi connectivity index (χ0v) is 13.2. The number of carbonyl (C=O) groups is 2. The van der Waals surface area contributed by atoms with Crippen LogP contribution >= 0.6 is 12.4 Å². The van der Waals surface area contributed by atoms with Gasteiger partial charge in [-0.15, -0.1) is 12.4 Å². The first-order valence-electron chi connectivity index (χ1n) is 6.79. The van der Waals surface area contributed by atoms with Crippen molar-refractivity contribution in [2.45, 2.75) is 38.6 Å². The number of benzene rings is 1. The number of anilines is 1. The molecule has 1 amide bonds. The van der Waals surface area contributed by atoms with Crippen molar-refractivity contribution in [1.82, 2.24) is 0 Å². The number of amides is 1. The lowest BCUT2D eigenvalue weighted by molar-refractivity contribution is -0.140. The Hall–Kier alpha value is -1.59. The van der Waals surface area contributed by atoms with Gasteiger partial charge in [-0.1, -0.05) is 25.5 Å². The highest BCUT2D eigenvalue weighted by molar-refractivity contribution is 5.94. The van der Waals surface area contributed by atoms with Crippen LogP contribution in [0.5, 0.6) is 0 Å². The fourth-order valence-corrected chi connectivity index (χ4v) is 1.78. The molecule has 3 N–H and O–H groups in total. The fourth-order valence-electron chi connectivity index (χ4n) is 1.78. The van der Waals surface area contributed by atoms with E-state index in [-0.39, 0.29) is 24.3 Å². The number of rotatable bonds is 7. The molecular weight excluding hydrogens is 292 g/mol. The molecule has 1 aromatic rings. The summed E-state index contributed by atoms with van der Waals surface area (Å²) >= 11 is 0. The van der Waals surface area contributed by atoms with E-state index in [1.54, 1.807) is 0 Å². The minimum atomic E-state index is -0.473. The van der Waals surface area contributed by atoms with Crippen LogP contribution in [0.15, 0.2) is 24.3 Å². The number of carbonyl (C=O) groups excluding carboxylic acids is 2. The third-order valence-electron chi connectivity index (χ3n) is 3.00. The average Bonchev–Trinajstić information content (AvgIpc) is 2.46. The number of methoxy groups -OCH3 is 1. The quantitative estimate of drug-likeness (QED) is 0.757. The van der Waals surface area contributed by atoms with Gasteiger partial charge in [0.1, 0.15) is 0 Å². The summed E-state index contributed by atoms with van der Waals surface area (Å²) in [6, 6.07) is 6.90. The molecule has 0 fully saturated rings. The molecule has 0 aliphatic carbocycles. The van der Waals surface area contributed by atoms with E-state index in [4.69, 9.17) is 5.73 Å². The molecule has 1 aromatic carbocycles. The van der Waals surface area contributed by atoms with Crippen LogP contribution in [0.1, 0.15) is 31.7 Å². The van der Waals surface area contributed by atoms with Crippen molar-refractivity contribution in [3.8, 4) is 0 Å². The minimum Gasteiger partial charge on any atom is -0.469 e. The maximum atomic E-state index is 11.7. The van der Waals surface area contributed by atoms with Gasteiger partial charge in [-0.2, -0.15) is 0 Å². The summed E-state index contributed by atoms with van der Waals surface area (Å²) < 4.78 is 4.59. The molecule has 6 heteroatoms. The van der Waals surface area contributed by atoms with Crippen LogP contribution in [-0.4, -0.2) is 25.0 Å². The second-order valence-electron chi connectivity index (χ2n) is 4.66. The Balaban J connectivity index is 0.00000400. The zero-order valence-electron chi connectivity index (χ0n) is 12.4. The van der Waals surface area contributed by atoms with Gasteiger partial charge >= 0.3 is 5.97 Å². The van der Waals surface area contributed by atoms with Crippen LogP contribution in [0.2, 0.25) is 0 Å². The van der Waals surface area contributed by atoms with Crippen molar-refractivity contribution < 1.29 is 14.3 Å². The molecule has 0 heterocycles. The summed E-state index contributed by atoms with van der Waals surface area (Å²) in [4.78, 5) is 22.8. The molecular formula is C15H23ClN2O3. The zero-order chi connectivity index (χ0) is 15.0. The van der Waals surface area contributed by atoms with Gasteiger partial charge in [-0.3, -0.25) is 9.59 Å². The van der Waals surface area contributed by atoms with Crippen molar-refractivity contribution in [2.24, 2.45) is 5.73 Å². The van der Waals surface area contributed by atoms with E-state index >= 15 is 0 Å². The Kier molecular flexibility index (Phi) is 9.41. The van der Waals surface area contributed by atoms with Crippen molar-refractivity contribution in [1.29, 1.82) is 0 Å². The summed E-state index contributed by atoms with van der Waals surface area (Å²) in [5, 5.41) is 2.77. The molecule has 0 aliphatic rings. The van der Waals surface area contributed by atoms with Crippen LogP contribution in [-0.2, 0) is 20.7 Å². The number of esters is 1. The molecule has 118 valence electrons. The van der Waals surface area contributed by atoms with Crippen LogP contribution < -0.4 is 11.1 Å². The first kappa shape index (κ1) is 19.4. The van der Waals surface area contributed by atoms with Gasteiger partial charge in [-0.05, 0) is 30.5 Å². The molecule has 0 aliphatic heterocycles. The number of nitrogens with one attached hydrogen (secondary N) is 1. The van der Waals surface area contributed by atoms with E-state index in [0.29, 0.717) is 24.9 Å². The smallest absolute Gasteiger partial charge is 0.305 e. The van der Waals surface area contributed by atoms with Gasteiger partial charge in [0.05, 0.1) is 13.2 Å². The Morgan fingerprint density at radius 3 is 2.43 bits per heavy atom. The minimum absolute atomic E-state index is 0. The summed E-state index contributed by atoms with van der Waals surface area (Å²) in [5.41, 5.74) is 7.47. The molecule has 1 atom stereocenters. The highest BCUT2D eigenvalue weighted by atomic mass is 35.5. The maximum Gasteiger partial charge on any atom is 0.305 e. The van der Waals surface area contributed by atoms with Crippen molar-refractivity contribution >= 4 is 30.0 Å². The van der Waals surface area contributed by atoms with E-state index < -0.39 is 6.04 Å². The normalized spacial score (nSPS) is 11.2. The molecule has 21 heavy (non-hydrogen) atoms. The number of hydrogen-bond acceptors (Lipinski definition) is 4. The van der Waals surface area contributed by atoms with Crippen LogP contribution in [0.3, 0.4) is 0 Å². The monoisotopic (exact) mass is 314 g/mol. The predicted octanol–water partition coefficient (Wildman–Crippen LogP) is 2.28. The maximum absolute atomic E-state index is 11.7. The van der Waals surface area contributed by atoms with Gasteiger partial charge < -0.3 is 15.8 Å². The molecule has 0 radical (unpaired) electrons. The summed E-state index contributed by atoms with van der Waals surface area (Å²) in [6.07, 6.45) is 2.52. The number of aryl methyl sites for hydroxylation is 1. The lowest BCUT2D eigenvalue weighted by Crippen LogP contribution is -2.35. The average molecular weight is 315 g/mol. The standard InChI is InChI=1S/C15H22N2O3.ClH/c1-3-4-13(16)15(19)17-12-8-5-11(6-9-12)7-10-14(18)20-2;/h5-6,8-9,13H,3-4,7,10,16H2,1-2H3,(H,17,19);1H. The number of hydrogen-bond donors (Lipinski definition) is 2. The SMILES string of the molecule is CCCC(N)C(=O)Nc1ccc(CCC(=O)OC)cc1.Cl. The van der Waals surface area contributed by atoms with Crippen LogP contribution in [0.4, 0.5) is 5.69 Å². The first-order chi connectivity index (χ1) is 9.56. The van der Waals surface area contributed by atoms with E-state index in [9.17, 15) is 9.59 Å². The third kappa shape index (κ3) is 7.11. The number of nitrogens with two attached hydrogens (primary N) is 1. The van der Waals surface area contributed by atoms with E-state index in [0.717, 1.165) is 12.0 Å². The molecule has 0 aromatic heterocycles. The lowest BCUT2D eigenvalue weighted by atomic mass is 10.1. The molecule has 0 bridgehead atoms. The Morgan fingerprint density at radius 1 is 1.29 bits per heavy atom. The number of ether oxygens (including phenoxy) is 1. The highest BCUT2D eigenvalue weighted by Gasteiger charge is 2.12. The molecule has 1 rings (SSSR count). The summed E-state index contributed by atoms with van der Waals surface area (Å²) in [6.45, 7) is 1.99. The number of halogens is 1. The second-order valence-corrected chi connectivity index (χ2v) is 4.66.